The zero-order chi connectivity index (χ0) is 13.6. The monoisotopic (exact) mass is 259 g/mol. The van der Waals surface area contributed by atoms with Gasteiger partial charge in [0.1, 0.15) is 0 Å². The van der Waals surface area contributed by atoms with Crippen LogP contribution in [0.3, 0.4) is 0 Å². The quantitative estimate of drug-likeness (QED) is 0.670. The van der Waals surface area contributed by atoms with E-state index in [1.165, 1.54) is 0 Å². The Morgan fingerprint density at radius 3 is 2.72 bits per heavy atom. The second-order valence-electron chi connectivity index (χ2n) is 5.62. The van der Waals surface area contributed by atoms with Crippen LogP contribution in [0.1, 0.15) is 39.5 Å². The number of hydrogen-bond acceptors (Lipinski definition) is 4. The lowest BCUT2D eigenvalue weighted by atomic mass is 10.0. The van der Waals surface area contributed by atoms with Gasteiger partial charge in [-0.05, 0) is 33.2 Å². The molecule has 18 heavy (non-hydrogen) atoms. The first-order valence-corrected chi connectivity index (χ1v) is 6.66. The van der Waals surface area contributed by atoms with Crippen molar-refractivity contribution in [2.45, 2.75) is 51.2 Å². The minimum atomic E-state index is -0.720. The summed E-state index contributed by atoms with van der Waals surface area (Å²) in [6.07, 6.45) is 2.84. The summed E-state index contributed by atoms with van der Waals surface area (Å²) in [4.78, 5) is 12.7. The van der Waals surface area contributed by atoms with Crippen molar-refractivity contribution < 1.29 is 19.7 Å². The second kappa shape index (κ2) is 7.07. The molecule has 0 spiro atoms. The van der Waals surface area contributed by atoms with Gasteiger partial charge in [-0.2, -0.15) is 0 Å². The third-order valence-corrected chi connectivity index (χ3v) is 3.12. The number of carboxylic acids is 1. The number of aliphatic hydroxyl groups excluding tert-OH is 1. The topological polar surface area (TPSA) is 70.0 Å². The first-order valence-electron chi connectivity index (χ1n) is 6.66. The molecule has 0 aromatic rings. The average Bonchev–Trinajstić information content (AvgIpc) is 2.26. The number of ether oxygens (including phenoxy) is 1. The molecule has 0 radical (unpaired) electrons. The molecule has 2 N–H and O–H groups in total. The maximum absolute atomic E-state index is 10.4. The van der Waals surface area contributed by atoms with Gasteiger partial charge in [-0.3, -0.25) is 9.69 Å². The van der Waals surface area contributed by atoms with Crippen molar-refractivity contribution in [2.75, 3.05) is 26.2 Å². The average molecular weight is 259 g/mol. The molecular formula is C13H25NO4. The van der Waals surface area contributed by atoms with E-state index in [-0.39, 0.29) is 24.7 Å². The Kier molecular flexibility index (Phi) is 6.05. The molecule has 5 nitrogen and oxygen atoms in total. The Hall–Kier alpha value is -0.650. The van der Waals surface area contributed by atoms with E-state index < -0.39 is 5.97 Å². The molecule has 1 atom stereocenters. The lowest BCUT2D eigenvalue weighted by Gasteiger charge is -2.42. The first-order chi connectivity index (χ1) is 8.43. The molecule has 0 bridgehead atoms. The van der Waals surface area contributed by atoms with Gasteiger partial charge in [0.05, 0.1) is 18.3 Å². The summed E-state index contributed by atoms with van der Waals surface area (Å²) in [6.45, 7) is 6.70. The van der Waals surface area contributed by atoms with Crippen molar-refractivity contribution >= 4 is 5.97 Å². The zero-order valence-electron chi connectivity index (χ0n) is 11.4. The van der Waals surface area contributed by atoms with Gasteiger partial charge in [0.25, 0.3) is 0 Å². The molecule has 0 aromatic heterocycles. The minimum absolute atomic E-state index is 0.0545. The number of nitrogens with zero attached hydrogens (tertiary/aromatic N) is 1. The van der Waals surface area contributed by atoms with Crippen LogP contribution in [-0.2, 0) is 9.53 Å². The van der Waals surface area contributed by atoms with Gasteiger partial charge >= 0.3 is 5.97 Å². The maximum atomic E-state index is 10.4. The molecule has 1 heterocycles. The second-order valence-corrected chi connectivity index (χ2v) is 5.62. The number of aliphatic carboxylic acids is 1. The lowest BCUT2D eigenvalue weighted by molar-refractivity contribution is -0.148. The molecule has 1 aliphatic heterocycles. The van der Waals surface area contributed by atoms with Gasteiger partial charge in [-0.15, -0.1) is 0 Å². The van der Waals surface area contributed by atoms with Gasteiger partial charge in [-0.1, -0.05) is 6.42 Å². The third-order valence-electron chi connectivity index (χ3n) is 3.12. The number of carbonyl (C=O) groups is 1. The normalized spacial score (nSPS) is 24.1. The highest BCUT2D eigenvalue weighted by Crippen LogP contribution is 2.21. The van der Waals surface area contributed by atoms with Crippen molar-refractivity contribution in [3.63, 3.8) is 0 Å². The molecule has 1 rings (SSSR count). The fraction of sp³-hybridized carbons (Fsp3) is 0.923. The van der Waals surface area contributed by atoms with Crippen LogP contribution in [-0.4, -0.2) is 59.0 Å². The Balaban J connectivity index is 2.22. The van der Waals surface area contributed by atoms with E-state index in [1.54, 1.807) is 0 Å². The fourth-order valence-electron chi connectivity index (χ4n) is 2.47. The van der Waals surface area contributed by atoms with Gasteiger partial charge in [0.15, 0.2) is 0 Å². The lowest BCUT2D eigenvalue weighted by Crippen LogP contribution is -2.53. The highest BCUT2D eigenvalue weighted by Gasteiger charge is 2.32. The maximum Gasteiger partial charge on any atom is 0.303 e. The number of morpholine rings is 1. The van der Waals surface area contributed by atoms with E-state index in [1.807, 2.05) is 13.8 Å². The van der Waals surface area contributed by atoms with Crippen LogP contribution < -0.4 is 0 Å². The van der Waals surface area contributed by atoms with E-state index in [0.29, 0.717) is 0 Å². The first kappa shape index (κ1) is 15.4. The Morgan fingerprint density at radius 2 is 2.11 bits per heavy atom. The third kappa shape index (κ3) is 5.80. The predicted octanol–water partition coefficient (Wildman–Crippen LogP) is 1.10. The summed E-state index contributed by atoms with van der Waals surface area (Å²) in [6, 6.07) is 0. The van der Waals surface area contributed by atoms with Gasteiger partial charge in [0, 0.05) is 19.5 Å². The van der Waals surface area contributed by atoms with Crippen LogP contribution >= 0.6 is 0 Å². The minimum Gasteiger partial charge on any atom is -0.481 e. The number of carboxylic acid groups (broad SMARTS) is 1. The fourth-order valence-corrected chi connectivity index (χ4v) is 2.47. The summed E-state index contributed by atoms with van der Waals surface area (Å²) in [7, 11) is 0. The summed E-state index contributed by atoms with van der Waals surface area (Å²) in [5, 5.41) is 17.7. The molecule has 1 unspecified atom stereocenters. The number of hydrogen-bond donors (Lipinski definition) is 2. The van der Waals surface area contributed by atoms with E-state index in [4.69, 9.17) is 9.84 Å². The van der Waals surface area contributed by atoms with Crippen LogP contribution in [0, 0.1) is 0 Å². The molecule has 0 amide bonds. The standard InChI is InChI=1S/C13H25NO4/c1-13(2)10-14(8-11(9-15)18-13)7-5-3-4-6-12(16)17/h11,15H,3-10H2,1-2H3,(H,16,17). The van der Waals surface area contributed by atoms with E-state index in [2.05, 4.69) is 4.90 Å². The van der Waals surface area contributed by atoms with Crippen molar-refractivity contribution in [1.82, 2.24) is 4.90 Å². The number of rotatable bonds is 7. The van der Waals surface area contributed by atoms with Crippen LogP contribution in [0.4, 0.5) is 0 Å². The highest BCUT2D eigenvalue weighted by molar-refractivity contribution is 5.66. The molecule has 106 valence electrons. The van der Waals surface area contributed by atoms with Crippen molar-refractivity contribution in [3.05, 3.63) is 0 Å². The molecule has 1 fully saturated rings. The van der Waals surface area contributed by atoms with Crippen LogP contribution in [0.5, 0.6) is 0 Å². The van der Waals surface area contributed by atoms with Gasteiger partial charge in [0.2, 0.25) is 0 Å². The van der Waals surface area contributed by atoms with Crippen molar-refractivity contribution in [2.24, 2.45) is 0 Å². The molecular weight excluding hydrogens is 234 g/mol. The van der Waals surface area contributed by atoms with Crippen LogP contribution in [0.25, 0.3) is 0 Å². The molecule has 1 aliphatic rings. The largest absolute Gasteiger partial charge is 0.481 e. The summed E-state index contributed by atoms with van der Waals surface area (Å²) in [5.41, 5.74) is -0.216. The SMILES string of the molecule is CC1(C)CN(CCCCCC(=O)O)CC(CO)O1. The molecule has 0 aliphatic carbocycles. The van der Waals surface area contributed by atoms with E-state index in [0.717, 1.165) is 38.9 Å². The van der Waals surface area contributed by atoms with Crippen LogP contribution in [0.2, 0.25) is 0 Å². The molecule has 0 aromatic carbocycles. The summed E-state index contributed by atoms with van der Waals surface area (Å²) >= 11 is 0. The van der Waals surface area contributed by atoms with Crippen molar-refractivity contribution in [1.29, 1.82) is 0 Å². The van der Waals surface area contributed by atoms with Gasteiger partial charge < -0.3 is 14.9 Å². The Morgan fingerprint density at radius 1 is 1.39 bits per heavy atom. The molecule has 0 saturated carbocycles. The predicted molar refractivity (Wildman–Crippen MR) is 68.6 cm³/mol. The van der Waals surface area contributed by atoms with E-state index >= 15 is 0 Å². The van der Waals surface area contributed by atoms with Gasteiger partial charge in [-0.25, -0.2) is 0 Å². The number of unbranched alkanes of at least 4 members (excludes halogenated alkanes) is 2. The molecule has 5 heteroatoms. The van der Waals surface area contributed by atoms with E-state index in [9.17, 15) is 9.90 Å². The number of aliphatic hydroxyl groups is 1. The van der Waals surface area contributed by atoms with Crippen molar-refractivity contribution in [3.8, 4) is 0 Å². The highest BCUT2D eigenvalue weighted by atomic mass is 16.5. The molecule has 1 saturated heterocycles. The summed E-state index contributed by atoms with van der Waals surface area (Å²) < 4.78 is 5.74. The van der Waals surface area contributed by atoms with Crippen LogP contribution in [0.15, 0.2) is 0 Å². The zero-order valence-corrected chi connectivity index (χ0v) is 11.4. The Labute approximate surface area is 109 Å². The summed E-state index contributed by atoms with van der Waals surface area (Å²) in [5.74, 6) is -0.720. The Bertz CT molecular complexity index is 268. The smallest absolute Gasteiger partial charge is 0.303 e.